The number of carbonyl (C=O) groups is 1. The summed E-state index contributed by atoms with van der Waals surface area (Å²) in [6, 6.07) is 5.24. The van der Waals surface area contributed by atoms with Gasteiger partial charge in [-0.05, 0) is 50.6 Å². The standard InChI is InChI=1S/C33H38FN7O3S/c1-6-27(42)39-15-21(4)40(16-20(39)3)32-24-13-19(2)28(23-7-8-26(34)25-14-35-37(5)29(23)25)31-30(24)41(33(43)36-32)22(18-45-31)17-38-9-11-44-12-10-38/h6-8,13-14,20-22H,1,9-12,15-18H2,2-5H3/t20-,21+,22?/m1/s1. The second-order valence-electron chi connectivity index (χ2n) is 12.4. The van der Waals surface area contributed by atoms with Crippen LogP contribution in [0.25, 0.3) is 32.9 Å². The van der Waals surface area contributed by atoms with E-state index in [0.717, 1.165) is 57.6 Å². The zero-order chi connectivity index (χ0) is 31.6. The summed E-state index contributed by atoms with van der Waals surface area (Å²) in [4.78, 5) is 38.9. The molecule has 2 aromatic carbocycles. The Kier molecular flexibility index (Phi) is 7.69. The van der Waals surface area contributed by atoms with Crippen LogP contribution >= 0.6 is 11.8 Å². The van der Waals surface area contributed by atoms with Crippen molar-refractivity contribution in [3.63, 3.8) is 0 Å². The highest BCUT2D eigenvalue weighted by Crippen LogP contribution is 2.47. The maximum atomic E-state index is 14.9. The summed E-state index contributed by atoms with van der Waals surface area (Å²) in [6.45, 7) is 14.6. The fourth-order valence-corrected chi connectivity index (χ4v) is 8.67. The molecule has 2 saturated heterocycles. The van der Waals surface area contributed by atoms with E-state index < -0.39 is 0 Å². The van der Waals surface area contributed by atoms with Gasteiger partial charge in [0.1, 0.15) is 11.6 Å². The number of piperazine rings is 1. The zero-order valence-electron chi connectivity index (χ0n) is 26.1. The number of aryl methyl sites for hydroxylation is 2. The number of thioether (sulfide) groups is 1. The first kappa shape index (κ1) is 29.9. The average molecular weight is 632 g/mol. The van der Waals surface area contributed by atoms with Gasteiger partial charge in [-0.1, -0.05) is 6.58 Å². The smallest absolute Gasteiger partial charge is 0.350 e. The van der Waals surface area contributed by atoms with Gasteiger partial charge >= 0.3 is 5.69 Å². The van der Waals surface area contributed by atoms with Crippen molar-refractivity contribution in [3.8, 4) is 11.1 Å². The molecule has 1 unspecified atom stereocenters. The van der Waals surface area contributed by atoms with Crippen molar-refractivity contribution in [1.82, 2.24) is 29.1 Å². The van der Waals surface area contributed by atoms with E-state index in [4.69, 9.17) is 9.72 Å². The number of rotatable bonds is 5. The number of carbonyl (C=O) groups excluding carboxylic acids is 1. The van der Waals surface area contributed by atoms with Gasteiger partial charge in [0.25, 0.3) is 0 Å². The Morgan fingerprint density at radius 1 is 1.16 bits per heavy atom. The maximum Gasteiger partial charge on any atom is 0.350 e. The van der Waals surface area contributed by atoms with Crippen LogP contribution < -0.4 is 10.6 Å². The molecular formula is C33H38FN7O3S. The third kappa shape index (κ3) is 4.94. The lowest BCUT2D eigenvalue weighted by Crippen LogP contribution is -2.58. The highest BCUT2D eigenvalue weighted by atomic mass is 32.2. The van der Waals surface area contributed by atoms with Gasteiger partial charge in [-0.3, -0.25) is 18.9 Å². The molecule has 236 valence electrons. The molecule has 3 atom stereocenters. The first-order valence-electron chi connectivity index (χ1n) is 15.5. The molecular weight excluding hydrogens is 593 g/mol. The number of fused-ring (bicyclic) bond motifs is 1. The number of morpholine rings is 1. The van der Waals surface area contributed by atoms with Crippen molar-refractivity contribution in [3.05, 3.63) is 58.9 Å². The SMILES string of the molecule is C=CC(=O)N1C[C@H](C)N(c2nc(=O)n3c4c(c(-c5ccc(F)c6cnn(C)c56)c(C)cc24)SCC3CN2CCOCC2)C[C@H]1C. The Morgan fingerprint density at radius 2 is 1.93 bits per heavy atom. The molecule has 0 saturated carbocycles. The van der Waals surface area contributed by atoms with Crippen molar-refractivity contribution in [2.24, 2.45) is 7.05 Å². The van der Waals surface area contributed by atoms with Crippen molar-refractivity contribution in [1.29, 1.82) is 0 Å². The lowest BCUT2D eigenvalue weighted by atomic mass is 9.95. The highest BCUT2D eigenvalue weighted by Gasteiger charge is 2.36. The quantitative estimate of drug-likeness (QED) is 0.306. The van der Waals surface area contributed by atoms with Crippen LogP contribution in [0.15, 0.2) is 46.7 Å². The molecule has 2 fully saturated rings. The largest absolute Gasteiger partial charge is 0.379 e. The number of hydrogen-bond acceptors (Lipinski definition) is 8. The predicted molar refractivity (Wildman–Crippen MR) is 176 cm³/mol. The molecule has 3 aliphatic rings. The molecule has 3 aliphatic heterocycles. The van der Waals surface area contributed by atoms with Crippen LogP contribution in [0.4, 0.5) is 10.2 Å². The number of ether oxygens (including phenoxy) is 1. The zero-order valence-corrected chi connectivity index (χ0v) is 26.9. The van der Waals surface area contributed by atoms with Crippen LogP contribution in [-0.4, -0.2) is 98.8 Å². The molecule has 0 aliphatic carbocycles. The van der Waals surface area contributed by atoms with Crippen LogP contribution in [-0.2, 0) is 16.6 Å². The minimum atomic E-state index is -0.312. The number of nitrogens with zero attached hydrogens (tertiary/aromatic N) is 7. The van der Waals surface area contributed by atoms with E-state index in [0.29, 0.717) is 43.3 Å². The molecule has 0 bridgehead atoms. The lowest BCUT2D eigenvalue weighted by Gasteiger charge is -2.45. The molecule has 5 heterocycles. The summed E-state index contributed by atoms with van der Waals surface area (Å²) in [5.74, 6) is 0.947. The molecule has 12 heteroatoms. The third-order valence-corrected chi connectivity index (χ3v) is 10.8. The van der Waals surface area contributed by atoms with Gasteiger partial charge < -0.3 is 14.5 Å². The molecule has 0 spiro atoms. The summed E-state index contributed by atoms with van der Waals surface area (Å²) in [5.41, 5.74) is 4.19. The molecule has 1 amide bonds. The Morgan fingerprint density at radius 3 is 2.69 bits per heavy atom. The van der Waals surface area contributed by atoms with Crippen LogP contribution in [0.1, 0.15) is 25.5 Å². The maximum absolute atomic E-state index is 14.9. The van der Waals surface area contributed by atoms with Crippen molar-refractivity contribution < 1.29 is 13.9 Å². The Bertz CT molecular complexity index is 1900. The summed E-state index contributed by atoms with van der Waals surface area (Å²) in [7, 11) is 1.83. The molecule has 0 N–H and O–H groups in total. The lowest BCUT2D eigenvalue weighted by molar-refractivity contribution is -0.128. The second-order valence-corrected chi connectivity index (χ2v) is 13.5. The van der Waals surface area contributed by atoms with E-state index in [2.05, 4.69) is 41.4 Å². The van der Waals surface area contributed by atoms with E-state index in [9.17, 15) is 14.0 Å². The van der Waals surface area contributed by atoms with E-state index in [-0.39, 0.29) is 35.5 Å². The number of benzene rings is 2. The van der Waals surface area contributed by atoms with E-state index in [1.165, 1.54) is 12.1 Å². The summed E-state index contributed by atoms with van der Waals surface area (Å²) < 4.78 is 24.1. The summed E-state index contributed by atoms with van der Waals surface area (Å²) >= 11 is 1.76. The van der Waals surface area contributed by atoms with Crippen LogP contribution in [0.2, 0.25) is 0 Å². The number of amides is 1. The number of halogens is 1. The van der Waals surface area contributed by atoms with Gasteiger partial charge in [-0.25, -0.2) is 9.18 Å². The summed E-state index contributed by atoms with van der Waals surface area (Å²) in [6.07, 6.45) is 2.93. The normalized spacial score (nSPS) is 22.4. The van der Waals surface area contributed by atoms with Gasteiger partial charge in [0.2, 0.25) is 5.91 Å². The molecule has 10 nitrogen and oxygen atoms in total. The fraction of sp³-hybridized carbons (Fsp3) is 0.455. The Hall–Kier alpha value is -3.74. The van der Waals surface area contributed by atoms with Crippen molar-refractivity contribution in [2.75, 3.05) is 56.6 Å². The molecule has 0 radical (unpaired) electrons. The molecule has 2 aromatic heterocycles. The number of aromatic nitrogens is 4. The highest BCUT2D eigenvalue weighted by molar-refractivity contribution is 7.99. The monoisotopic (exact) mass is 631 g/mol. The van der Waals surface area contributed by atoms with E-state index >= 15 is 0 Å². The van der Waals surface area contributed by atoms with E-state index in [1.54, 1.807) is 22.6 Å². The number of hydrogen-bond donors (Lipinski definition) is 0. The topological polar surface area (TPSA) is 88.7 Å². The average Bonchev–Trinajstić information content (AvgIpc) is 3.43. The van der Waals surface area contributed by atoms with Crippen LogP contribution in [0.3, 0.4) is 0 Å². The fourth-order valence-electron chi connectivity index (χ4n) is 7.29. The molecule has 45 heavy (non-hydrogen) atoms. The van der Waals surface area contributed by atoms with Gasteiger partial charge in [0, 0.05) is 79.0 Å². The predicted octanol–water partition coefficient (Wildman–Crippen LogP) is 3.99. The Balaban J connectivity index is 1.45. The van der Waals surface area contributed by atoms with E-state index in [1.807, 2.05) is 29.5 Å². The van der Waals surface area contributed by atoms with Gasteiger partial charge in [0.05, 0.1) is 41.9 Å². The Labute approximate surface area is 265 Å². The molecule has 7 rings (SSSR count). The third-order valence-electron chi connectivity index (χ3n) is 9.53. The van der Waals surface area contributed by atoms with Crippen molar-refractivity contribution >= 4 is 45.3 Å². The van der Waals surface area contributed by atoms with Crippen molar-refractivity contribution in [2.45, 2.75) is 43.8 Å². The van der Waals surface area contributed by atoms with Gasteiger partial charge in [-0.15, -0.1) is 11.8 Å². The molecule has 4 aromatic rings. The second kappa shape index (κ2) is 11.6. The summed E-state index contributed by atoms with van der Waals surface area (Å²) in [5, 5.41) is 5.76. The first-order valence-corrected chi connectivity index (χ1v) is 16.5. The van der Waals surface area contributed by atoms with Crippen LogP contribution in [0.5, 0.6) is 0 Å². The van der Waals surface area contributed by atoms with Gasteiger partial charge in [0.15, 0.2) is 0 Å². The number of anilines is 1. The van der Waals surface area contributed by atoms with Crippen LogP contribution in [0, 0.1) is 12.7 Å². The minimum Gasteiger partial charge on any atom is -0.379 e. The van der Waals surface area contributed by atoms with Gasteiger partial charge in [-0.2, -0.15) is 10.1 Å². The minimum absolute atomic E-state index is 0.0645. The first-order chi connectivity index (χ1) is 21.7.